The molecule has 0 amide bonds. The summed E-state index contributed by atoms with van der Waals surface area (Å²) in [7, 11) is -2.41. The molecule has 0 radical (unpaired) electrons. The van der Waals surface area contributed by atoms with Crippen LogP contribution < -0.4 is 15.7 Å². The molecule has 2 nitrogen and oxygen atoms in total. The quantitative estimate of drug-likeness (QED) is 0.591. The average Bonchev–Trinajstić information content (AvgIpc) is 3.08. The Morgan fingerprint density at radius 2 is 1.52 bits per heavy atom. The zero-order chi connectivity index (χ0) is 17.9. The number of alkyl halides is 1. The second kappa shape index (κ2) is 7.75. The third kappa shape index (κ3) is 3.77. The van der Waals surface area contributed by atoms with Crippen LogP contribution in [0.25, 0.3) is 0 Å². The van der Waals surface area contributed by atoms with Crippen molar-refractivity contribution in [1.82, 2.24) is 5.32 Å². The summed E-state index contributed by atoms with van der Waals surface area (Å²) in [6.07, 6.45) is 1.32. The van der Waals surface area contributed by atoms with Gasteiger partial charge in [-0.1, -0.05) is 97.4 Å². The van der Waals surface area contributed by atoms with E-state index in [1.165, 1.54) is 10.4 Å². The second-order valence-corrected chi connectivity index (χ2v) is 12.8. The van der Waals surface area contributed by atoms with Gasteiger partial charge in [-0.15, -0.1) is 0 Å². The summed E-state index contributed by atoms with van der Waals surface area (Å²) in [4.78, 5) is 0. The molecule has 0 aliphatic carbocycles. The number of rotatable bonds is 5. The fraction of sp³-hybridized carbons (Fsp3) is 0.429. The van der Waals surface area contributed by atoms with Gasteiger partial charge in [0.1, 0.15) is 0 Å². The first-order valence-corrected chi connectivity index (χ1v) is 12.1. The molecule has 0 unspecified atom stereocenters. The summed E-state index contributed by atoms with van der Waals surface area (Å²) >= 11 is 3.61. The minimum Gasteiger partial charge on any atom is -0.403 e. The van der Waals surface area contributed by atoms with E-state index in [-0.39, 0.29) is 11.1 Å². The molecule has 0 spiro atoms. The van der Waals surface area contributed by atoms with E-state index in [9.17, 15) is 0 Å². The third-order valence-electron chi connectivity index (χ3n) is 5.13. The van der Waals surface area contributed by atoms with Crippen LogP contribution >= 0.6 is 15.9 Å². The topological polar surface area (TPSA) is 21.3 Å². The molecule has 1 saturated heterocycles. The lowest BCUT2D eigenvalue weighted by Gasteiger charge is -2.44. The SMILES string of the molecule is CC(C)(C)[Si](O[C@@H]1CN[C@H](CBr)C1)(c1ccccc1)c1ccccc1. The van der Waals surface area contributed by atoms with Crippen molar-refractivity contribution in [3.05, 3.63) is 60.7 Å². The number of halogens is 1. The van der Waals surface area contributed by atoms with Gasteiger partial charge in [0.15, 0.2) is 0 Å². The van der Waals surface area contributed by atoms with Gasteiger partial charge in [0.05, 0.1) is 6.10 Å². The summed E-state index contributed by atoms with van der Waals surface area (Å²) in [5.41, 5.74) is 0. The Labute approximate surface area is 161 Å². The van der Waals surface area contributed by atoms with E-state index in [2.05, 4.69) is 103 Å². The summed E-state index contributed by atoms with van der Waals surface area (Å²) in [6.45, 7) is 7.94. The molecular formula is C21H28BrNOSi. The van der Waals surface area contributed by atoms with Crippen molar-refractivity contribution in [3.8, 4) is 0 Å². The third-order valence-corrected chi connectivity index (χ3v) is 11.0. The molecule has 1 aliphatic rings. The van der Waals surface area contributed by atoms with Crippen molar-refractivity contribution < 1.29 is 4.43 Å². The van der Waals surface area contributed by atoms with Crippen molar-refractivity contribution in [2.24, 2.45) is 0 Å². The van der Waals surface area contributed by atoms with Crippen molar-refractivity contribution in [2.75, 3.05) is 11.9 Å². The molecule has 1 heterocycles. The highest BCUT2D eigenvalue weighted by atomic mass is 79.9. The molecular weight excluding hydrogens is 390 g/mol. The van der Waals surface area contributed by atoms with Crippen LogP contribution in [0.2, 0.25) is 5.04 Å². The van der Waals surface area contributed by atoms with Gasteiger partial charge in [-0.25, -0.2) is 0 Å². The van der Waals surface area contributed by atoms with Crippen LogP contribution in [0, 0.1) is 0 Å². The van der Waals surface area contributed by atoms with Crippen molar-refractivity contribution in [1.29, 1.82) is 0 Å². The lowest BCUT2D eigenvalue weighted by Crippen LogP contribution is -2.67. The Balaban J connectivity index is 2.09. The molecule has 134 valence electrons. The molecule has 2 aromatic carbocycles. The standard InChI is InChI=1S/C21H28BrNOSi/c1-21(2,3)25(19-10-6-4-7-11-19,20-12-8-5-9-13-20)24-18-14-17(15-22)23-16-18/h4-13,17-18,23H,14-16H2,1-3H3/t17-,18-/m0/s1. The first-order valence-electron chi connectivity index (χ1n) is 9.05. The second-order valence-electron chi connectivity index (χ2n) is 7.90. The van der Waals surface area contributed by atoms with E-state index in [0.717, 1.165) is 18.3 Å². The van der Waals surface area contributed by atoms with E-state index in [1.807, 2.05) is 0 Å². The van der Waals surface area contributed by atoms with Gasteiger partial charge in [-0.05, 0) is 21.8 Å². The number of hydrogen-bond donors (Lipinski definition) is 1. The van der Waals surface area contributed by atoms with E-state index >= 15 is 0 Å². The van der Waals surface area contributed by atoms with Gasteiger partial charge in [0.2, 0.25) is 0 Å². The largest absolute Gasteiger partial charge is 0.403 e. The first-order chi connectivity index (χ1) is 12.0. The molecule has 0 saturated carbocycles. The maximum atomic E-state index is 7.12. The van der Waals surface area contributed by atoms with E-state index in [1.54, 1.807) is 0 Å². The number of nitrogens with one attached hydrogen (secondary N) is 1. The molecule has 2 atom stereocenters. The summed E-state index contributed by atoms with van der Waals surface area (Å²) < 4.78 is 7.12. The molecule has 1 aliphatic heterocycles. The molecule has 0 bridgehead atoms. The zero-order valence-corrected chi connectivity index (χ0v) is 17.9. The monoisotopic (exact) mass is 417 g/mol. The van der Waals surface area contributed by atoms with Crippen molar-refractivity contribution in [2.45, 2.75) is 44.4 Å². The van der Waals surface area contributed by atoms with Crippen LogP contribution in [0.4, 0.5) is 0 Å². The molecule has 0 aromatic heterocycles. The van der Waals surface area contributed by atoms with Gasteiger partial charge in [-0.2, -0.15) is 0 Å². The highest BCUT2D eigenvalue weighted by Crippen LogP contribution is 2.38. The van der Waals surface area contributed by atoms with Crippen LogP contribution in [0.5, 0.6) is 0 Å². The Hall–Kier alpha value is -0.943. The van der Waals surface area contributed by atoms with Gasteiger partial charge < -0.3 is 9.74 Å². The van der Waals surface area contributed by atoms with Crippen LogP contribution in [-0.4, -0.2) is 32.3 Å². The predicted octanol–water partition coefficient (Wildman–Crippen LogP) is 3.69. The fourth-order valence-electron chi connectivity index (χ4n) is 3.93. The smallest absolute Gasteiger partial charge is 0.261 e. The van der Waals surface area contributed by atoms with Crippen LogP contribution in [0.1, 0.15) is 27.2 Å². The highest BCUT2D eigenvalue weighted by molar-refractivity contribution is 9.09. The first kappa shape index (κ1) is 18.8. The lowest BCUT2D eigenvalue weighted by atomic mass is 10.2. The lowest BCUT2D eigenvalue weighted by molar-refractivity contribution is 0.205. The fourth-order valence-corrected chi connectivity index (χ4v) is 9.12. The summed E-state index contributed by atoms with van der Waals surface area (Å²) in [6, 6.07) is 22.3. The number of hydrogen-bond acceptors (Lipinski definition) is 2. The van der Waals surface area contributed by atoms with Crippen molar-refractivity contribution >= 4 is 34.6 Å². The van der Waals surface area contributed by atoms with Crippen LogP contribution in [-0.2, 0) is 4.43 Å². The zero-order valence-electron chi connectivity index (χ0n) is 15.3. The number of benzene rings is 2. The maximum Gasteiger partial charge on any atom is 0.261 e. The average molecular weight is 418 g/mol. The van der Waals surface area contributed by atoms with Gasteiger partial charge in [-0.3, -0.25) is 0 Å². The van der Waals surface area contributed by atoms with Crippen molar-refractivity contribution in [3.63, 3.8) is 0 Å². The van der Waals surface area contributed by atoms with E-state index < -0.39 is 8.32 Å². The highest BCUT2D eigenvalue weighted by Gasteiger charge is 2.51. The van der Waals surface area contributed by atoms with Crippen LogP contribution in [0.15, 0.2) is 60.7 Å². The minimum absolute atomic E-state index is 0.0438. The van der Waals surface area contributed by atoms with Gasteiger partial charge in [0, 0.05) is 17.9 Å². The minimum atomic E-state index is -2.41. The Morgan fingerprint density at radius 3 is 1.92 bits per heavy atom. The summed E-state index contributed by atoms with van der Waals surface area (Å²) in [5.74, 6) is 0. The normalized spacial score (nSPS) is 21.4. The predicted molar refractivity (Wildman–Crippen MR) is 113 cm³/mol. The van der Waals surface area contributed by atoms with Crippen LogP contribution in [0.3, 0.4) is 0 Å². The molecule has 1 fully saturated rings. The Morgan fingerprint density at radius 1 is 1.00 bits per heavy atom. The van der Waals surface area contributed by atoms with Gasteiger partial charge in [0.25, 0.3) is 8.32 Å². The molecule has 2 aromatic rings. The van der Waals surface area contributed by atoms with E-state index in [4.69, 9.17) is 4.43 Å². The Bertz CT molecular complexity index is 632. The molecule has 25 heavy (non-hydrogen) atoms. The summed E-state index contributed by atoms with van der Waals surface area (Å²) in [5, 5.41) is 7.32. The van der Waals surface area contributed by atoms with E-state index in [0.29, 0.717) is 6.04 Å². The molecule has 1 N–H and O–H groups in total. The maximum absolute atomic E-state index is 7.12. The van der Waals surface area contributed by atoms with Gasteiger partial charge >= 0.3 is 0 Å². The molecule has 3 rings (SSSR count). The molecule has 4 heteroatoms. The Kier molecular flexibility index (Phi) is 5.84.